The first kappa shape index (κ1) is 16.2. The SMILES string of the molecule is COCCNC(=O)C(C)Oc1ccc(CC(C)=O)cc1. The number of hydrogen-bond donors (Lipinski definition) is 1. The van der Waals surface area contributed by atoms with Crippen LogP contribution >= 0.6 is 0 Å². The van der Waals surface area contributed by atoms with Gasteiger partial charge in [0.1, 0.15) is 11.5 Å². The number of Topliss-reactive ketones (excluding diaryl/α,β-unsaturated/α-hetero) is 1. The highest BCUT2D eigenvalue weighted by atomic mass is 16.5. The third-order valence-corrected chi connectivity index (χ3v) is 2.66. The highest BCUT2D eigenvalue weighted by Gasteiger charge is 2.13. The summed E-state index contributed by atoms with van der Waals surface area (Å²) in [6.07, 6.45) is -0.168. The molecule has 5 heteroatoms. The van der Waals surface area contributed by atoms with Crippen molar-refractivity contribution in [2.75, 3.05) is 20.3 Å². The van der Waals surface area contributed by atoms with Crippen LogP contribution in [0.4, 0.5) is 0 Å². The van der Waals surface area contributed by atoms with E-state index in [4.69, 9.17) is 9.47 Å². The molecule has 5 nitrogen and oxygen atoms in total. The summed E-state index contributed by atoms with van der Waals surface area (Å²) in [5.74, 6) is 0.533. The van der Waals surface area contributed by atoms with Crippen LogP contribution in [-0.2, 0) is 20.7 Å². The van der Waals surface area contributed by atoms with Gasteiger partial charge in [-0.2, -0.15) is 0 Å². The number of rotatable bonds is 8. The minimum Gasteiger partial charge on any atom is -0.481 e. The van der Waals surface area contributed by atoms with Crippen molar-refractivity contribution in [3.05, 3.63) is 29.8 Å². The lowest BCUT2D eigenvalue weighted by Gasteiger charge is -2.14. The highest BCUT2D eigenvalue weighted by molar-refractivity contribution is 5.80. The molecule has 0 heterocycles. The Morgan fingerprint density at radius 3 is 2.45 bits per heavy atom. The van der Waals surface area contributed by atoms with Crippen LogP contribution in [0.25, 0.3) is 0 Å². The predicted molar refractivity (Wildman–Crippen MR) is 75.8 cm³/mol. The molecule has 0 radical (unpaired) electrons. The third-order valence-electron chi connectivity index (χ3n) is 2.66. The molecule has 0 aliphatic carbocycles. The van der Waals surface area contributed by atoms with E-state index in [0.29, 0.717) is 25.3 Å². The molecule has 0 aliphatic rings. The van der Waals surface area contributed by atoms with Crippen LogP contribution in [0.1, 0.15) is 19.4 Å². The number of ether oxygens (including phenoxy) is 2. The quantitative estimate of drug-likeness (QED) is 0.730. The van der Waals surface area contributed by atoms with Crippen LogP contribution in [-0.4, -0.2) is 38.1 Å². The number of ketones is 1. The van der Waals surface area contributed by atoms with Crippen molar-refractivity contribution in [3.8, 4) is 5.75 Å². The summed E-state index contributed by atoms with van der Waals surface area (Å²) in [5, 5.41) is 2.71. The molecular formula is C15H21NO4. The molecule has 0 fully saturated rings. The maximum Gasteiger partial charge on any atom is 0.260 e. The Balaban J connectivity index is 2.47. The van der Waals surface area contributed by atoms with E-state index in [-0.39, 0.29) is 11.7 Å². The Hall–Kier alpha value is -1.88. The molecule has 1 aromatic carbocycles. The first-order valence-corrected chi connectivity index (χ1v) is 6.54. The molecule has 0 bridgehead atoms. The molecule has 110 valence electrons. The second-order valence-electron chi connectivity index (χ2n) is 4.57. The van der Waals surface area contributed by atoms with Gasteiger partial charge >= 0.3 is 0 Å². The standard InChI is InChI=1S/C15H21NO4/c1-11(17)10-13-4-6-14(7-5-13)20-12(2)15(18)16-8-9-19-3/h4-7,12H,8-10H2,1-3H3,(H,16,18). The lowest BCUT2D eigenvalue weighted by molar-refractivity contribution is -0.127. The van der Waals surface area contributed by atoms with E-state index >= 15 is 0 Å². The van der Waals surface area contributed by atoms with Crippen LogP contribution in [0.2, 0.25) is 0 Å². The molecule has 20 heavy (non-hydrogen) atoms. The van der Waals surface area contributed by atoms with E-state index < -0.39 is 6.10 Å². The molecule has 1 amide bonds. The van der Waals surface area contributed by atoms with Crippen molar-refractivity contribution >= 4 is 11.7 Å². The number of methoxy groups -OCH3 is 1. The Morgan fingerprint density at radius 2 is 1.90 bits per heavy atom. The van der Waals surface area contributed by atoms with Crippen molar-refractivity contribution in [1.82, 2.24) is 5.32 Å². The van der Waals surface area contributed by atoms with Gasteiger partial charge in [0.2, 0.25) is 0 Å². The molecular weight excluding hydrogens is 258 g/mol. The number of carbonyl (C=O) groups excluding carboxylic acids is 2. The maximum atomic E-state index is 11.7. The second kappa shape index (κ2) is 8.32. The third kappa shape index (κ3) is 5.84. The van der Waals surface area contributed by atoms with Gasteiger partial charge in [-0.05, 0) is 31.5 Å². The molecule has 1 aromatic rings. The van der Waals surface area contributed by atoms with Gasteiger partial charge in [0.05, 0.1) is 6.61 Å². The maximum absolute atomic E-state index is 11.7. The Labute approximate surface area is 119 Å². The molecule has 0 aromatic heterocycles. The summed E-state index contributed by atoms with van der Waals surface area (Å²) in [6, 6.07) is 7.17. The second-order valence-corrected chi connectivity index (χ2v) is 4.57. The summed E-state index contributed by atoms with van der Waals surface area (Å²) < 4.78 is 10.4. The number of amides is 1. The smallest absolute Gasteiger partial charge is 0.260 e. The molecule has 0 saturated heterocycles. The summed E-state index contributed by atoms with van der Waals surface area (Å²) in [6.45, 7) is 4.17. The average molecular weight is 279 g/mol. The van der Waals surface area contributed by atoms with Crippen molar-refractivity contribution in [1.29, 1.82) is 0 Å². The monoisotopic (exact) mass is 279 g/mol. The Bertz CT molecular complexity index is 442. The van der Waals surface area contributed by atoms with E-state index in [9.17, 15) is 9.59 Å². The van der Waals surface area contributed by atoms with Gasteiger partial charge in [0, 0.05) is 20.1 Å². The number of hydrogen-bond acceptors (Lipinski definition) is 4. The summed E-state index contributed by atoms with van der Waals surface area (Å²) in [4.78, 5) is 22.7. The largest absolute Gasteiger partial charge is 0.481 e. The topological polar surface area (TPSA) is 64.6 Å². The van der Waals surface area contributed by atoms with E-state index in [2.05, 4.69) is 5.32 Å². The van der Waals surface area contributed by atoms with Crippen molar-refractivity contribution in [2.24, 2.45) is 0 Å². The molecule has 1 N–H and O–H groups in total. The lowest BCUT2D eigenvalue weighted by atomic mass is 10.1. The average Bonchev–Trinajstić information content (AvgIpc) is 2.40. The Morgan fingerprint density at radius 1 is 1.25 bits per heavy atom. The summed E-state index contributed by atoms with van der Waals surface area (Å²) in [5.41, 5.74) is 0.932. The van der Waals surface area contributed by atoms with Gasteiger partial charge in [-0.3, -0.25) is 9.59 Å². The van der Waals surface area contributed by atoms with Gasteiger partial charge in [-0.15, -0.1) is 0 Å². The lowest BCUT2D eigenvalue weighted by Crippen LogP contribution is -2.37. The number of benzene rings is 1. The van der Waals surface area contributed by atoms with E-state index in [0.717, 1.165) is 5.56 Å². The van der Waals surface area contributed by atoms with Crippen molar-refractivity contribution < 1.29 is 19.1 Å². The minimum absolute atomic E-state index is 0.115. The van der Waals surface area contributed by atoms with Crippen molar-refractivity contribution in [2.45, 2.75) is 26.4 Å². The molecule has 1 rings (SSSR count). The van der Waals surface area contributed by atoms with Gasteiger partial charge in [0.25, 0.3) is 5.91 Å². The molecule has 1 unspecified atom stereocenters. The zero-order chi connectivity index (χ0) is 15.0. The molecule has 0 aliphatic heterocycles. The molecule has 1 atom stereocenters. The highest BCUT2D eigenvalue weighted by Crippen LogP contribution is 2.14. The zero-order valence-corrected chi connectivity index (χ0v) is 12.1. The van der Waals surface area contributed by atoms with Crippen LogP contribution in [0.15, 0.2) is 24.3 Å². The van der Waals surface area contributed by atoms with Gasteiger partial charge < -0.3 is 14.8 Å². The van der Waals surface area contributed by atoms with Crippen LogP contribution in [0.5, 0.6) is 5.75 Å². The van der Waals surface area contributed by atoms with Crippen LogP contribution in [0, 0.1) is 0 Å². The first-order valence-electron chi connectivity index (χ1n) is 6.54. The summed E-state index contributed by atoms with van der Waals surface area (Å²) >= 11 is 0. The van der Waals surface area contributed by atoms with Gasteiger partial charge in [-0.25, -0.2) is 0 Å². The van der Waals surface area contributed by atoms with Crippen LogP contribution < -0.4 is 10.1 Å². The van der Waals surface area contributed by atoms with Gasteiger partial charge in [0.15, 0.2) is 6.10 Å². The predicted octanol–water partition coefficient (Wildman–Crippen LogP) is 1.35. The molecule has 0 saturated carbocycles. The first-order chi connectivity index (χ1) is 9.52. The van der Waals surface area contributed by atoms with E-state index in [1.54, 1.807) is 33.1 Å². The fourth-order valence-corrected chi connectivity index (χ4v) is 1.65. The fourth-order valence-electron chi connectivity index (χ4n) is 1.65. The van der Waals surface area contributed by atoms with E-state index in [1.165, 1.54) is 0 Å². The van der Waals surface area contributed by atoms with Crippen LogP contribution in [0.3, 0.4) is 0 Å². The molecule has 0 spiro atoms. The normalized spacial score (nSPS) is 11.8. The number of carbonyl (C=O) groups is 2. The van der Waals surface area contributed by atoms with E-state index in [1.807, 2.05) is 12.1 Å². The zero-order valence-electron chi connectivity index (χ0n) is 12.1. The summed E-state index contributed by atoms with van der Waals surface area (Å²) in [7, 11) is 1.58. The fraction of sp³-hybridized carbons (Fsp3) is 0.467. The van der Waals surface area contributed by atoms with Gasteiger partial charge in [-0.1, -0.05) is 12.1 Å². The van der Waals surface area contributed by atoms with Crippen molar-refractivity contribution in [3.63, 3.8) is 0 Å². The minimum atomic E-state index is -0.578. The Kier molecular flexibility index (Phi) is 6.73. The number of nitrogens with one attached hydrogen (secondary N) is 1.